The fourth-order valence-corrected chi connectivity index (χ4v) is 1.92. The molecule has 2 rings (SSSR count). The van der Waals surface area contributed by atoms with Crippen molar-refractivity contribution >= 4 is 17.3 Å². The number of aryl methyl sites for hydroxylation is 1. The van der Waals surface area contributed by atoms with Crippen molar-refractivity contribution in [2.24, 2.45) is 0 Å². The number of carbonyl (C=O) groups is 1. The molecule has 0 aliphatic rings. The third-order valence-electron chi connectivity index (χ3n) is 2.91. The van der Waals surface area contributed by atoms with E-state index in [0.717, 1.165) is 18.2 Å². The summed E-state index contributed by atoms with van der Waals surface area (Å²) in [6, 6.07) is 6.71. The highest BCUT2D eigenvalue weighted by Gasteiger charge is 2.31. The molecule has 0 heterocycles. The van der Waals surface area contributed by atoms with Crippen molar-refractivity contribution in [3.05, 3.63) is 53.3 Å². The highest BCUT2D eigenvalue weighted by atomic mass is 19.4. The van der Waals surface area contributed by atoms with E-state index >= 15 is 0 Å². The van der Waals surface area contributed by atoms with Crippen LogP contribution in [0.4, 0.5) is 28.9 Å². The summed E-state index contributed by atoms with van der Waals surface area (Å²) in [6.45, 7) is 1.60. The monoisotopic (exact) mass is 329 g/mol. The van der Waals surface area contributed by atoms with Gasteiger partial charge < -0.3 is 15.2 Å². The first-order valence-corrected chi connectivity index (χ1v) is 6.32. The van der Waals surface area contributed by atoms with E-state index in [1.807, 2.05) is 0 Å². The second-order valence-electron chi connectivity index (χ2n) is 4.64. The number of anilines is 2. The van der Waals surface area contributed by atoms with E-state index in [4.69, 9.17) is 5.11 Å². The predicted molar refractivity (Wildman–Crippen MR) is 74.5 cm³/mol. The Kier molecular flexibility index (Phi) is 4.44. The first kappa shape index (κ1) is 16.6. The molecule has 0 aromatic heterocycles. The van der Waals surface area contributed by atoms with Crippen molar-refractivity contribution in [3.63, 3.8) is 0 Å². The van der Waals surface area contributed by atoms with Crippen molar-refractivity contribution in [3.8, 4) is 5.75 Å². The zero-order valence-electron chi connectivity index (χ0n) is 11.7. The highest BCUT2D eigenvalue weighted by molar-refractivity contribution is 5.95. The maximum Gasteiger partial charge on any atom is 0.573 e. The van der Waals surface area contributed by atoms with Crippen LogP contribution in [0, 0.1) is 12.7 Å². The summed E-state index contributed by atoms with van der Waals surface area (Å²) in [5.41, 5.74) is 0.590. The maximum absolute atomic E-state index is 13.1. The number of rotatable bonds is 4. The van der Waals surface area contributed by atoms with Gasteiger partial charge in [0.1, 0.15) is 11.6 Å². The van der Waals surface area contributed by atoms with Gasteiger partial charge in [-0.25, -0.2) is 9.18 Å². The Morgan fingerprint density at radius 2 is 1.78 bits per heavy atom. The number of hydrogen-bond acceptors (Lipinski definition) is 3. The number of aromatic carboxylic acids is 1. The Bertz CT molecular complexity index is 744. The van der Waals surface area contributed by atoms with E-state index in [2.05, 4.69) is 10.1 Å². The molecule has 2 aromatic carbocycles. The molecule has 0 unspecified atom stereocenters. The van der Waals surface area contributed by atoms with Gasteiger partial charge in [0.15, 0.2) is 0 Å². The molecular weight excluding hydrogens is 318 g/mol. The molecule has 0 aliphatic heterocycles. The van der Waals surface area contributed by atoms with E-state index in [9.17, 15) is 22.4 Å². The number of carboxylic acid groups (broad SMARTS) is 1. The maximum atomic E-state index is 13.1. The summed E-state index contributed by atoms with van der Waals surface area (Å²) in [7, 11) is 0. The van der Waals surface area contributed by atoms with Gasteiger partial charge in [-0.3, -0.25) is 0 Å². The van der Waals surface area contributed by atoms with Crippen LogP contribution in [0.3, 0.4) is 0 Å². The molecular formula is C15H11F4NO3. The summed E-state index contributed by atoms with van der Waals surface area (Å²) in [4.78, 5) is 11.2. The third kappa shape index (κ3) is 4.35. The van der Waals surface area contributed by atoms with Crippen LogP contribution in [-0.4, -0.2) is 17.4 Å². The van der Waals surface area contributed by atoms with Crippen LogP contribution in [-0.2, 0) is 0 Å². The second-order valence-corrected chi connectivity index (χ2v) is 4.64. The SMILES string of the molecule is Cc1cc(F)ccc1Nc1ccc(OC(F)(F)F)cc1C(=O)O. The van der Waals surface area contributed by atoms with Gasteiger partial charge in [-0.15, -0.1) is 13.2 Å². The molecule has 0 amide bonds. The zero-order valence-corrected chi connectivity index (χ0v) is 11.7. The largest absolute Gasteiger partial charge is 0.573 e. The first-order valence-electron chi connectivity index (χ1n) is 6.32. The van der Waals surface area contributed by atoms with Gasteiger partial charge in [0.05, 0.1) is 11.3 Å². The fraction of sp³-hybridized carbons (Fsp3) is 0.133. The molecule has 0 aliphatic carbocycles. The Balaban J connectivity index is 2.36. The molecule has 2 aromatic rings. The van der Waals surface area contributed by atoms with Crippen molar-refractivity contribution in [2.75, 3.05) is 5.32 Å². The van der Waals surface area contributed by atoms with Crippen LogP contribution in [0.2, 0.25) is 0 Å². The molecule has 0 fully saturated rings. The van der Waals surface area contributed by atoms with Gasteiger partial charge in [-0.05, 0) is 48.9 Å². The van der Waals surface area contributed by atoms with Gasteiger partial charge in [0.2, 0.25) is 0 Å². The van der Waals surface area contributed by atoms with E-state index < -0.39 is 29.5 Å². The van der Waals surface area contributed by atoms with Crippen LogP contribution in [0.25, 0.3) is 0 Å². The van der Waals surface area contributed by atoms with E-state index in [1.165, 1.54) is 18.2 Å². The number of halogens is 4. The zero-order chi connectivity index (χ0) is 17.2. The average molecular weight is 329 g/mol. The topological polar surface area (TPSA) is 58.6 Å². The number of alkyl halides is 3. The van der Waals surface area contributed by atoms with Gasteiger partial charge in [0, 0.05) is 5.69 Å². The molecule has 2 N–H and O–H groups in total. The van der Waals surface area contributed by atoms with Crippen molar-refractivity contribution < 1.29 is 32.2 Å². The molecule has 23 heavy (non-hydrogen) atoms. The molecule has 0 radical (unpaired) electrons. The molecule has 4 nitrogen and oxygen atoms in total. The summed E-state index contributed by atoms with van der Waals surface area (Å²) in [6.07, 6.45) is -4.92. The lowest BCUT2D eigenvalue weighted by Gasteiger charge is -2.14. The summed E-state index contributed by atoms with van der Waals surface area (Å²) in [5.74, 6) is -2.53. The Morgan fingerprint density at radius 1 is 1.13 bits per heavy atom. The lowest BCUT2D eigenvalue weighted by atomic mass is 10.1. The van der Waals surface area contributed by atoms with E-state index in [1.54, 1.807) is 6.92 Å². The molecule has 0 saturated heterocycles. The van der Waals surface area contributed by atoms with Crippen molar-refractivity contribution in [1.29, 1.82) is 0 Å². The van der Waals surface area contributed by atoms with Crippen molar-refractivity contribution in [2.45, 2.75) is 13.3 Å². The molecule has 0 saturated carbocycles. The van der Waals surface area contributed by atoms with E-state index in [0.29, 0.717) is 11.3 Å². The first-order chi connectivity index (χ1) is 10.7. The highest BCUT2D eigenvalue weighted by Crippen LogP contribution is 2.30. The molecule has 8 heteroatoms. The van der Waals surface area contributed by atoms with Crippen LogP contribution in [0.5, 0.6) is 5.75 Å². The molecule has 122 valence electrons. The number of hydrogen-bond donors (Lipinski definition) is 2. The van der Waals surface area contributed by atoms with Crippen LogP contribution in [0.1, 0.15) is 15.9 Å². The summed E-state index contributed by atoms with van der Waals surface area (Å²) in [5, 5.41) is 11.9. The van der Waals surface area contributed by atoms with Gasteiger partial charge in [0.25, 0.3) is 0 Å². The lowest BCUT2D eigenvalue weighted by molar-refractivity contribution is -0.274. The van der Waals surface area contributed by atoms with Gasteiger partial charge in [-0.1, -0.05) is 0 Å². The second kappa shape index (κ2) is 6.15. The van der Waals surface area contributed by atoms with E-state index in [-0.39, 0.29) is 5.69 Å². The minimum atomic E-state index is -4.92. The normalized spacial score (nSPS) is 11.2. The molecule has 0 spiro atoms. The standard InChI is InChI=1S/C15H11F4NO3/c1-8-6-9(16)2-4-12(8)20-13-5-3-10(23-15(17,18)19)7-11(13)14(21)22/h2-7,20H,1H3,(H,21,22). The lowest BCUT2D eigenvalue weighted by Crippen LogP contribution is -2.17. The van der Waals surface area contributed by atoms with Gasteiger partial charge >= 0.3 is 12.3 Å². The number of carboxylic acids is 1. The van der Waals surface area contributed by atoms with Crippen LogP contribution in [0.15, 0.2) is 36.4 Å². The van der Waals surface area contributed by atoms with Crippen LogP contribution >= 0.6 is 0 Å². The Labute approximate surface area is 128 Å². The van der Waals surface area contributed by atoms with Gasteiger partial charge in [-0.2, -0.15) is 0 Å². The Morgan fingerprint density at radius 3 is 2.35 bits per heavy atom. The predicted octanol–water partition coefficient (Wildman–Crippen LogP) is 4.47. The summed E-state index contributed by atoms with van der Waals surface area (Å²) < 4.78 is 53.3. The minimum absolute atomic E-state index is 0.0572. The molecule has 0 atom stereocenters. The third-order valence-corrected chi connectivity index (χ3v) is 2.91. The summed E-state index contributed by atoms with van der Waals surface area (Å²) >= 11 is 0. The average Bonchev–Trinajstić information content (AvgIpc) is 2.41. The number of nitrogens with one attached hydrogen (secondary N) is 1. The smallest absolute Gasteiger partial charge is 0.478 e. The quantitative estimate of drug-likeness (QED) is 0.812. The number of benzene rings is 2. The fourth-order valence-electron chi connectivity index (χ4n) is 1.92. The molecule has 0 bridgehead atoms. The minimum Gasteiger partial charge on any atom is -0.478 e. The van der Waals surface area contributed by atoms with Crippen LogP contribution < -0.4 is 10.1 Å². The number of ether oxygens (including phenoxy) is 1. The Hall–Kier alpha value is -2.77. The van der Waals surface area contributed by atoms with Crippen molar-refractivity contribution in [1.82, 2.24) is 0 Å².